The molecular weight excluding hydrogens is 207 g/mol. The molecule has 3 N–H and O–H groups in total. The molecule has 4 nitrogen and oxygen atoms in total. The van der Waals surface area contributed by atoms with Crippen LogP contribution >= 0.6 is 0 Å². The predicted molar refractivity (Wildman–Crippen MR) is 57.6 cm³/mol. The molecule has 0 aromatic carbocycles. The van der Waals surface area contributed by atoms with Crippen LogP contribution < -0.4 is 11.3 Å². The topological polar surface area (TPSA) is 63.8 Å². The Balaban J connectivity index is 2.41. The van der Waals surface area contributed by atoms with Crippen LogP contribution in [0.3, 0.4) is 0 Å². The van der Waals surface area contributed by atoms with E-state index in [1.807, 2.05) is 6.07 Å². The Morgan fingerprint density at radius 1 is 1.25 bits per heavy atom. The lowest BCUT2D eigenvalue weighted by atomic mass is 10.0. The molecule has 0 bridgehead atoms. The summed E-state index contributed by atoms with van der Waals surface area (Å²) in [5.41, 5.74) is 3.63. The minimum Gasteiger partial charge on any atom is -0.271 e. The summed E-state index contributed by atoms with van der Waals surface area (Å²) in [5.74, 6) is 5.02. The van der Waals surface area contributed by atoms with E-state index in [0.717, 1.165) is 6.20 Å². The molecule has 0 fully saturated rings. The van der Waals surface area contributed by atoms with Crippen LogP contribution in [-0.4, -0.2) is 9.97 Å². The summed E-state index contributed by atoms with van der Waals surface area (Å²) >= 11 is 0. The molecule has 2 aromatic heterocycles. The number of pyridine rings is 2. The molecule has 2 heterocycles. The number of hydrazine groups is 1. The number of rotatable bonds is 3. The van der Waals surface area contributed by atoms with Crippen molar-refractivity contribution in [1.29, 1.82) is 0 Å². The maximum Gasteiger partial charge on any atom is 0.146 e. The van der Waals surface area contributed by atoms with Gasteiger partial charge in [0.05, 0.1) is 17.9 Å². The van der Waals surface area contributed by atoms with Crippen molar-refractivity contribution in [3.63, 3.8) is 0 Å². The molecular formula is C11H11FN4. The zero-order chi connectivity index (χ0) is 11.4. The molecule has 0 aliphatic rings. The van der Waals surface area contributed by atoms with Crippen LogP contribution in [0, 0.1) is 5.82 Å². The van der Waals surface area contributed by atoms with E-state index in [1.165, 1.54) is 6.20 Å². The van der Waals surface area contributed by atoms with Gasteiger partial charge in [-0.3, -0.25) is 15.8 Å². The maximum atomic E-state index is 13.5. The molecule has 0 amide bonds. The SMILES string of the molecule is NNC(c1ccccn1)c1ccncc1F. The number of nitrogens with zero attached hydrogens (tertiary/aromatic N) is 2. The molecule has 1 atom stereocenters. The van der Waals surface area contributed by atoms with Crippen molar-refractivity contribution >= 4 is 0 Å². The van der Waals surface area contributed by atoms with Crippen molar-refractivity contribution in [3.05, 3.63) is 59.9 Å². The predicted octanol–water partition coefficient (Wildman–Crippen LogP) is 1.17. The monoisotopic (exact) mass is 218 g/mol. The quantitative estimate of drug-likeness (QED) is 0.599. The first-order valence-corrected chi connectivity index (χ1v) is 4.79. The second kappa shape index (κ2) is 4.78. The Hall–Kier alpha value is -1.85. The van der Waals surface area contributed by atoms with Gasteiger partial charge in [-0.15, -0.1) is 0 Å². The summed E-state index contributed by atoms with van der Waals surface area (Å²) in [6.07, 6.45) is 4.31. The van der Waals surface area contributed by atoms with Crippen molar-refractivity contribution in [2.45, 2.75) is 6.04 Å². The smallest absolute Gasteiger partial charge is 0.146 e. The molecule has 0 saturated carbocycles. The highest BCUT2D eigenvalue weighted by molar-refractivity contribution is 5.26. The van der Waals surface area contributed by atoms with E-state index < -0.39 is 11.9 Å². The Labute approximate surface area is 92.3 Å². The van der Waals surface area contributed by atoms with Gasteiger partial charge in [-0.05, 0) is 18.2 Å². The van der Waals surface area contributed by atoms with Crippen LogP contribution in [0.4, 0.5) is 4.39 Å². The van der Waals surface area contributed by atoms with E-state index in [1.54, 1.807) is 24.4 Å². The number of aromatic nitrogens is 2. The third-order valence-corrected chi connectivity index (χ3v) is 2.27. The van der Waals surface area contributed by atoms with E-state index in [2.05, 4.69) is 15.4 Å². The third-order valence-electron chi connectivity index (χ3n) is 2.27. The van der Waals surface area contributed by atoms with Crippen LogP contribution in [0.1, 0.15) is 17.3 Å². The van der Waals surface area contributed by atoms with Crippen LogP contribution in [0.2, 0.25) is 0 Å². The molecule has 82 valence electrons. The second-order valence-corrected chi connectivity index (χ2v) is 3.25. The van der Waals surface area contributed by atoms with Gasteiger partial charge in [-0.2, -0.15) is 0 Å². The van der Waals surface area contributed by atoms with Gasteiger partial charge in [0.1, 0.15) is 5.82 Å². The number of halogens is 1. The van der Waals surface area contributed by atoms with Crippen LogP contribution in [-0.2, 0) is 0 Å². The summed E-state index contributed by atoms with van der Waals surface area (Å²) in [7, 11) is 0. The van der Waals surface area contributed by atoms with Gasteiger partial charge < -0.3 is 0 Å². The summed E-state index contributed by atoms with van der Waals surface area (Å²) in [6.45, 7) is 0. The van der Waals surface area contributed by atoms with Gasteiger partial charge in [0.25, 0.3) is 0 Å². The van der Waals surface area contributed by atoms with Crippen molar-refractivity contribution in [3.8, 4) is 0 Å². The zero-order valence-electron chi connectivity index (χ0n) is 8.47. The molecule has 0 spiro atoms. The molecule has 0 aliphatic heterocycles. The Bertz CT molecular complexity index is 461. The molecule has 0 aliphatic carbocycles. The Morgan fingerprint density at radius 3 is 2.75 bits per heavy atom. The van der Waals surface area contributed by atoms with Crippen molar-refractivity contribution in [2.75, 3.05) is 0 Å². The second-order valence-electron chi connectivity index (χ2n) is 3.25. The van der Waals surface area contributed by atoms with Gasteiger partial charge in [0.2, 0.25) is 0 Å². The highest BCUT2D eigenvalue weighted by Crippen LogP contribution is 2.20. The fourth-order valence-electron chi connectivity index (χ4n) is 1.50. The first-order valence-electron chi connectivity index (χ1n) is 4.79. The van der Waals surface area contributed by atoms with Crippen molar-refractivity contribution in [2.24, 2.45) is 5.84 Å². The third kappa shape index (κ3) is 2.05. The number of nitrogens with two attached hydrogens (primary N) is 1. The van der Waals surface area contributed by atoms with E-state index in [4.69, 9.17) is 5.84 Å². The minimum absolute atomic E-state index is 0.406. The van der Waals surface area contributed by atoms with Gasteiger partial charge in [-0.25, -0.2) is 9.82 Å². The molecule has 0 saturated heterocycles. The number of hydrogen-bond acceptors (Lipinski definition) is 4. The summed E-state index contributed by atoms with van der Waals surface area (Å²) in [6, 6.07) is 6.51. The lowest BCUT2D eigenvalue weighted by molar-refractivity contribution is 0.549. The summed E-state index contributed by atoms with van der Waals surface area (Å²) in [5, 5.41) is 0. The van der Waals surface area contributed by atoms with Gasteiger partial charge in [-0.1, -0.05) is 6.07 Å². The number of hydrogen-bond donors (Lipinski definition) is 2. The molecule has 0 radical (unpaired) electrons. The number of nitrogens with one attached hydrogen (secondary N) is 1. The first kappa shape index (κ1) is 10.7. The van der Waals surface area contributed by atoms with Crippen LogP contribution in [0.5, 0.6) is 0 Å². The molecule has 1 unspecified atom stereocenters. The molecule has 2 aromatic rings. The van der Waals surface area contributed by atoms with E-state index in [9.17, 15) is 4.39 Å². The van der Waals surface area contributed by atoms with E-state index in [0.29, 0.717) is 11.3 Å². The van der Waals surface area contributed by atoms with E-state index in [-0.39, 0.29) is 0 Å². The van der Waals surface area contributed by atoms with Gasteiger partial charge in [0, 0.05) is 18.0 Å². The fraction of sp³-hybridized carbons (Fsp3) is 0.0909. The largest absolute Gasteiger partial charge is 0.271 e. The average molecular weight is 218 g/mol. The minimum atomic E-state index is -0.468. The molecule has 16 heavy (non-hydrogen) atoms. The Kier molecular flexibility index (Phi) is 3.19. The van der Waals surface area contributed by atoms with Crippen molar-refractivity contribution < 1.29 is 4.39 Å². The lowest BCUT2D eigenvalue weighted by Crippen LogP contribution is -2.30. The van der Waals surface area contributed by atoms with Crippen LogP contribution in [0.25, 0.3) is 0 Å². The van der Waals surface area contributed by atoms with Crippen LogP contribution in [0.15, 0.2) is 42.9 Å². The fourth-order valence-corrected chi connectivity index (χ4v) is 1.50. The highest BCUT2D eigenvalue weighted by Gasteiger charge is 2.16. The normalized spacial score (nSPS) is 12.4. The first-order chi connectivity index (χ1) is 7.83. The summed E-state index contributed by atoms with van der Waals surface area (Å²) < 4.78 is 13.5. The van der Waals surface area contributed by atoms with Gasteiger partial charge >= 0.3 is 0 Å². The summed E-state index contributed by atoms with van der Waals surface area (Å²) in [4.78, 5) is 7.83. The highest BCUT2D eigenvalue weighted by atomic mass is 19.1. The molecule has 5 heteroatoms. The lowest BCUT2D eigenvalue weighted by Gasteiger charge is -2.15. The van der Waals surface area contributed by atoms with Gasteiger partial charge in [0.15, 0.2) is 0 Å². The maximum absolute atomic E-state index is 13.5. The van der Waals surface area contributed by atoms with E-state index >= 15 is 0 Å². The molecule has 2 rings (SSSR count). The van der Waals surface area contributed by atoms with Crippen molar-refractivity contribution in [1.82, 2.24) is 15.4 Å². The standard InChI is InChI=1S/C11H11FN4/c12-9-7-14-6-4-8(9)11(16-13)10-3-1-2-5-15-10/h1-7,11,16H,13H2. The Morgan fingerprint density at radius 2 is 2.12 bits per heavy atom. The zero-order valence-corrected chi connectivity index (χ0v) is 8.47. The average Bonchev–Trinajstić information content (AvgIpc) is 2.34.